The lowest BCUT2D eigenvalue weighted by molar-refractivity contribution is 0.0947. The summed E-state index contributed by atoms with van der Waals surface area (Å²) >= 11 is 6.00. The highest BCUT2D eigenvalue weighted by atomic mass is 35.5. The number of aromatic nitrogens is 3. The normalized spacial score (nSPS) is 10.7. The quantitative estimate of drug-likeness (QED) is 0.452. The van der Waals surface area contributed by atoms with Crippen molar-refractivity contribution in [3.8, 4) is 17.1 Å². The third-order valence-corrected chi connectivity index (χ3v) is 5.06. The van der Waals surface area contributed by atoms with E-state index < -0.39 is 0 Å². The van der Waals surface area contributed by atoms with Gasteiger partial charge < -0.3 is 10.1 Å². The highest BCUT2D eigenvalue weighted by Gasteiger charge is 2.19. The van der Waals surface area contributed by atoms with Gasteiger partial charge in [-0.3, -0.25) is 4.79 Å². The van der Waals surface area contributed by atoms with Crippen LogP contribution in [0.5, 0.6) is 5.75 Å². The van der Waals surface area contributed by atoms with Crippen molar-refractivity contribution in [2.45, 2.75) is 13.5 Å². The van der Waals surface area contributed by atoms with Crippen LogP contribution in [0.15, 0.2) is 72.8 Å². The molecule has 31 heavy (non-hydrogen) atoms. The van der Waals surface area contributed by atoms with Crippen LogP contribution in [0.4, 0.5) is 5.95 Å². The van der Waals surface area contributed by atoms with Crippen LogP contribution in [0.2, 0.25) is 5.02 Å². The SMILES string of the molecule is COc1ccc(CNc2nc(-c3ccc(Cl)cc3)nn2C(=O)c2ccc(C)cc2)cc1. The van der Waals surface area contributed by atoms with Gasteiger partial charge in [0.2, 0.25) is 5.95 Å². The van der Waals surface area contributed by atoms with E-state index in [1.54, 1.807) is 31.4 Å². The molecule has 1 N–H and O–H groups in total. The fourth-order valence-corrected chi connectivity index (χ4v) is 3.16. The van der Waals surface area contributed by atoms with E-state index in [2.05, 4.69) is 15.4 Å². The number of halogens is 1. The largest absolute Gasteiger partial charge is 0.497 e. The number of carbonyl (C=O) groups excluding carboxylic acids is 1. The number of ether oxygens (including phenoxy) is 1. The van der Waals surface area contributed by atoms with Crippen molar-refractivity contribution in [1.29, 1.82) is 0 Å². The van der Waals surface area contributed by atoms with Crippen molar-refractivity contribution in [3.63, 3.8) is 0 Å². The molecule has 0 atom stereocenters. The van der Waals surface area contributed by atoms with Crippen molar-refractivity contribution >= 4 is 23.5 Å². The fourth-order valence-electron chi connectivity index (χ4n) is 3.03. The molecule has 6 nitrogen and oxygen atoms in total. The van der Waals surface area contributed by atoms with Gasteiger partial charge in [0.25, 0.3) is 5.91 Å². The Morgan fingerprint density at radius 3 is 2.32 bits per heavy atom. The number of hydrogen-bond donors (Lipinski definition) is 1. The Labute approximate surface area is 185 Å². The van der Waals surface area contributed by atoms with Crippen LogP contribution >= 0.6 is 11.6 Å². The van der Waals surface area contributed by atoms with E-state index in [0.29, 0.717) is 28.9 Å². The molecule has 0 fully saturated rings. The number of aryl methyl sites for hydroxylation is 1. The highest BCUT2D eigenvalue weighted by molar-refractivity contribution is 6.30. The topological polar surface area (TPSA) is 69.0 Å². The van der Waals surface area contributed by atoms with Crippen LogP contribution in [-0.2, 0) is 6.54 Å². The van der Waals surface area contributed by atoms with Gasteiger partial charge in [0.05, 0.1) is 7.11 Å². The van der Waals surface area contributed by atoms with E-state index in [4.69, 9.17) is 16.3 Å². The van der Waals surface area contributed by atoms with E-state index >= 15 is 0 Å². The predicted octanol–water partition coefficient (Wildman–Crippen LogP) is 5.22. The summed E-state index contributed by atoms with van der Waals surface area (Å²) in [6, 6.07) is 22.2. The average Bonchev–Trinajstić information content (AvgIpc) is 3.23. The second-order valence-corrected chi connectivity index (χ2v) is 7.49. The van der Waals surface area contributed by atoms with Crippen molar-refractivity contribution in [2.75, 3.05) is 12.4 Å². The molecule has 0 amide bonds. The number of benzene rings is 3. The van der Waals surface area contributed by atoms with Gasteiger partial charge in [0, 0.05) is 22.7 Å². The summed E-state index contributed by atoms with van der Waals surface area (Å²) in [5.41, 5.74) is 3.40. The first-order chi connectivity index (χ1) is 15.0. The molecule has 4 rings (SSSR count). The number of hydrogen-bond acceptors (Lipinski definition) is 5. The minimum absolute atomic E-state index is 0.259. The first-order valence-electron chi connectivity index (χ1n) is 9.74. The van der Waals surface area contributed by atoms with Crippen molar-refractivity contribution in [3.05, 3.63) is 94.5 Å². The summed E-state index contributed by atoms with van der Waals surface area (Å²) in [6.07, 6.45) is 0. The predicted molar refractivity (Wildman–Crippen MR) is 122 cm³/mol. The fraction of sp³-hybridized carbons (Fsp3) is 0.125. The van der Waals surface area contributed by atoms with Crippen LogP contribution in [0, 0.1) is 6.92 Å². The molecule has 0 saturated carbocycles. The molecule has 156 valence electrons. The number of nitrogens with one attached hydrogen (secondary N) is 1. The molecule has 0 aliphatic rings. The molecule has 3 aromatic carbocycles. The Kier molecular flexibility index (Phi) is 6.00. The Bertz CT molecular complexity index is 1180. The zero-order valence-corrected chi connectivity index (χ0v) is 17.9. The minimum atomic E-state index is -0.259. The van der Waals surface area contributed by atoms with Gasteiger partial charge in [-0.1, -0.05) is 41.4 Å². The van der Waals surface area contributed by atoms with Gasteiger partial charge in [-0.2, -0.15) is 9.67 Å². The maximum absolute atomic E-state index is 13.2. The summed E-state index contributed by atoms with van der Waals surface area (Å²) in [5, 5.41) is 8.33. The molecule has 0 radical (unpaired) electrons. The third kappa shape index (κ3) is 4.75. The molecular formula is C24H21ClN4O2. The molecule has 7 heteroatoms. The maximum atomic E-state index is 13.2. The van der Waals surface area contributed by atoms with Gasteiger partial charge in [-0.15, -0.1) is 5.10 Å². The van der Waals surface area contributed by atoms with Crippen molar-refractivity contribution < 1.29 is 9.53 Å². The Morgan fingerprint density at radius 1 is 1.00 bits per heavy atom. The number of methoxy groups -OCH3 is 1. The van der Waals surface area contributed by atoms with E-state index in [0.717, 1.165) is 22.4 Å². The van der Waals surface area contributed by atoms with Crippen LogP contribution < -0.4 is 10.1 Å². The van der Waals surface area contributed by atoms with Gasteiger partial charge in [-0.05, 0) is 61.0 Å². The molecule has 0 saturated heterocycles. The lowest BCUT2D eigenvalue weighted by Gasteiger charge is -2.08. The lowest BCUT2D eigenvalue weighted by Crippen LogP contribution is -2.17. The van der Waals surface area contributed by atoms with Crippen LogP contribution in [0.3, 0.4) is 0 Å². The van der Waals surface area contributed by atoms with Crippen molar-refractivity contribution in [2.24, 2.45) is 0 Å². The molecule has 0 aliphatic heterocycles. The lowest BCUT2D eigenvalue weighted by atomic mass is 10.1. The zero-order valence-electron chi connectivity index (χ0n) is 17.2. The minimum Gasteiger partial charge on any atom is -0.497 e. The first-order valence-corrected chi connectivity index (χ1v) is 10.1. The Hall–Kier alpha value is -3.64. The second-order valence-electron chi connectivity index (χ2n) is 7.05. The Morgan fingerprint density at radius 2 is 1.68 bits per heavy atom. The molecule has 0 spiro atoms. The zero-order chi connectivity index (χ0) is 21.8. The molecule has 4 aromatic rings. The molecule has 0 aliphatic carbocycles. The smallest absolute Gasteiger partial charge is 0.281 e. The molecule has 0 unspecified atom stereocenters. The number of rotatable bonds is 6. The second kappa shape index (κ2) is 9.02. The van der Waals surface area contributed by atoms with E-state index in [1.807, 2.05) is 55.5 Å². The first kappa shape index (κ1) is 20.6. The molecule has 1 aromatic heterocycles. The summed E-state index contributed by atoms with van der Waals surface area (Å²) in [7, 11) is 1.63. The van der Waals surface area contributed by atoms with Crippen LogP contribution in [0.1, 0.15) is 21.5 Å². The summed E-state index contributed by atoms with van der Waals surface area (Å²) in [6.45, 7) is 2.45. The summed E-state index contributed by atoms with van der Waals surface area (Å²) < 4.78 is 6.50. The summed E-state index contributed by atoms with van der Waals surface area (Å²) in [4.78, 5) is 17.7. The summed E-state index contributed by atoms with van der Waals surface area (Å²) in [5.74, 6) is 1.33. The monoisotopic (exact) mass is 432 g/mol. The Balaban J connectivity index is 1.66. The van der Waals surface area contributed by atoms with E-state index in [-0.39, 0.29) is 5.91 Å². The maximum Gasteiger partial charge on any atom is 0.281 e. The molecular weight excluding hydrogens is 412 g/mol. The standard InChI is InChI=1S/C24H21ClN4O2/c1-16-3-7-19(8-4-16)23(30)29-24(26-15-17-5-13-21(31-2)14-6-17)27-22(28-29)18-9-11-20(25)12-10-18/h3-14H,15H2,1-2H3,(H,26,27,28). The van der Waals surface area contributed by atoms with Gasteiger partial charge in [0.15, 0.2) is 5.82 Å². The van der Waals surface area contributed by atoms with Gasteiger partial charge >= 0.3 is 0 Å². The third-order valence-electron chi connectivity index (χ3n) is 4.81. The number of anilines is 1. The highest BCUT2D eigenvalue weighted by Crippen LogP contribution is 2.22. The van der Waals surface area contributed by atoms with Gasteiger partial charge in [0.1, 0.15) is 5.75 Å². The van der Waals surface area contributed by atoms with Crippen LogP contribution in [-0.4, -0.2) is 27.8 Å². The van der Waals surface area contributed by atoms with E-state index in [9.17, 15) is 4.79 Å². The van der Waals surface area contributed by atoms with Crippen molar-refractivity contribution in [1.82, 2.24) is 14.8 Å². The average molecular weight is 433 g/mol. The number of nitrogens with zero attached hydrogens (tertiary/aromatic N) is 3. The molecule has 1 heterocycles. The van der Waals surface area contributed by atoms with Gasteiger partial charge in [-0.25, -0.2) is 0 Å². The van der Waals surface area contributed by atoms with Crippen LogP contribution in [0.25, 0.3) is 11.4 Å². The number of carbonyl (C=O) groups is 1. The molecule has 0 bridgehead atoms. The van der Waals surface area contributed by atoms with E-state index in [1.165, 1.54) is 4.68 Å².